The molecule has 4 nitrogen and oxygen atoms in total. The highest BCUT2D eigenvalue weighted by atomic mass is 16.7. The van der Waals surface area contributed by atoms with E-state index in [-0.39, 0.29) is 12.4 Å². The van der Waals surface area contributed by atoms with Gasteiger partial charge in [0, 0.05) is 24.9 Å². The lowest BCUT2D eigenvalue weighted by atomic mass is 10.1. The Morgan fingerprint density at radius 2 is 1.68 bits per heavy atom. The lowest BCUT2D eigenvalue weighted by molar-refractivity contribution is -0.140. The second-order valence-electron chi connectivity index (χ2n) is 4.75. The molecule has 120 valence electrons. The second-order valence-corrected chi connectivity index (χ2v) is 4.75. The Hall–Kier alpha value is -1.78. The Bertz CT molecular complexity index is 498. The zero-order valence-electron chi connectivity index (χ0n) is 13.5. The van der Waals surface area contributed by atoms with Crippen molar-refractivity contribution in [2.24, 2.45) is 0 Å². The molecule has 0 saturated heterocycles. The van der Waals surface area contributed by atoms with Gasteiger partial charge in [-0.1, -0.05) is 30.3 Å². The Kier molecular flexibility index (Phi) is 6.49. The monoisotopic (exact) mass is 304 g/mol. The molecule has 1 aromatic rings. The predicted molar refractivity (Wildman–Crippen MR) is 85.1 cm³/mol. The van der Waals surface area contributed by atoms with E-state index < -0.39 is 0 Å². The highest BCUT2D eigenvalue weighted by molar-refractivity contribution is 5.29. The number of hydrogen-bond donors (Lipinski definition) is 0. The Morgan fingerprint density at radius 1 is 1.00 bits per heavy atom. The average molecular weight is 304 g/mol. The minimum absolute atomic E-state index is 0.127. The van der Waals surface area contributed by atoms with E-state index in [9.17, 15) is 0 Å². The van der Waals surface area contributed by atoms with Crippen LogP contribution in [-0.2, 0) is 18.9 Å². The van der Waals surface area contributed by atoms with E-state index in [1.54, 1.807) is 0 Å². The van der Waals surface area contributed by atoms with Crippen LogP contribution in [-0.4, -0.2) is 19.8 Å². The maximum absolute atomic E-state index is 5.80. The molecule has 4 heteroatoms. The molecular formula is C18H24O4. The molecule has 22 heavy (non-hydrogen) atoms. The van der Waals surface area contributed by atoms with Crippen molar-refractivity contribution in [3.8, 4) is 0 Å². The van der Waals surface area contributed by atoms with Crippen LogP contribution in [0.2, 0.25) is 0 Å². The van der Waals surface area contributed by atoms with Crippen LogP contribution in [0.4, 0.5) is 0 Å². The number of benzene rings is 1. The molecule has 0 bridgehead atoms. The van der Waals surface area contributed by atoms with Crippen LogP contribution in [0.1, 0.15) is 44.3 Å². The molecule has 0 saturated carbocycles. The van der Waals surface area contributed by atoms with Gasteiger partial charge in [0.15, 0.2) is 6.29 Å². The summed E-state index contributed by atoms with van der Waals surface area (Å²) >= 11 is 0. The van der Waals surface area contributed by atoms with Crippen molar-refractivity contribution in [3.05, 3.63) is 59.6 Å². The van der Waals surface area contributed by atoms with Gasteiger partial charge in [-0.2, -0.15) is 0 Å². The minimum atomic E-state index is -0.314. The smallest absolute Gasteiger partial charge is 0.280 e. The molecule has 0 fully saturated rings. The van der Waals surface area contributed by atoms with Crippen LogP contribution in [0.25, 0.3) is 0 Å². The summed E-state index contributed by atoms with van der Waals surface area (Å²) in [7, 11) is 0. The molecule has 1 atom stereocenters. The van der Waals surface area contributed by atoms with Crippen LogP contribution in [0, 0.1) is 0 Å². The van der Waals surface area contributed by atoms with Crippen molar-refractivity contribution in [2.75, 3.05) is 19.8 Å². The van der Waals surface area contributed by atoms with Gasteiger partial charge in [-0.15, -0.1) is 0 Å². The first kappa shape index (κ1) is 16.6. The van der Waals surface area contributed by atoms with Gasteiger partial charge in [-0.25, -0.2) is 0 Å². The first-order valence-electron chi connectivity index (χ1n) is 7.79. The first-order valence-corrected chi connectivity index (χ1v) is 7.79. The average Bonchev–Trinajstić information content (AvgIpc) is 2.55. The summed E-state index contributed by atoms with van der Waals surface area (Å²) in [6.07, 6.45) is 5.34. The van der Waals surface area contributed by atoms with Gasteiger partial charge in [-0.3, -0.25) is 0 Å². The number of allylic oxidation sites excluding steroid dienone is 2. The fraction of sp³-hybridized carbons (Fsp3) is 0.444. The van der Waals surface area contributed by atoms with Crippen molar-refractivity contribution < 1.29 is 18.9 Å². The van der Waals surface area contributed by atoms with Gasteiger partial charge in [-0.05, 0) is 32.4 Å². The number of rotatable bonds is 8. The Morgan fingerprint density at radius 3 is 2.27 bits per heavy atom. The van der Waals surface area contributed by atoms with Crippen molar-refractivity contribution in [1.82, 2.24) is 0 Å². The molecule has 0 aliphatic carbocycles. The summed E-state index contributed by atoms with van der Waals surface area (Å²) < 4.78 is 22.4. The lowest BCUT2D eigenvalue weighted by Crippen LogP contribution is -2.10. The normalized spacial score (nSPS) is 17.3. The van der Waals surface area contributed by atoms with E-state index in [1.165, 1.54) is 0 Å². The molecule has 1 aliphatic rings. The van der Waals surface area contributed by atoms with E-state index in [4.69, 9.17) is 18.9 Å². The largest absolute Gasteiger partial charge is 0.466 e. The minimum Gasteiger partial charge on any atom is -0.466 e. The highest BCUT2D eigenvalue weighted by Gasteiger charge is 2.17. The van der Waals surface area contributed by atoms with Gasteiger partial charge in [0.2, 0.25) is 0 Å². The Balaban J connectivity index is 2.05. The molecule has 0 N–H and O–H groups in total. The molecule has 0 radical (unpaired) electrons. The van der Waals surface area contributed by atoms with E-state index >= 15 is 0 Å². The maximum atomic E-state index is 5.80. The van der Waals surface area contributed by atoms with Gasteiger partial charge in [0.05, 0.1) is 6.61 Å². The molecule has 1 unspecified atom stereocenters. The van der Waals surface area contributed by atoms with Crippen LogP contribution in [0.15, 0.2) is 48.4 Å². The van der Waals surface area contributed by atoms with Gasteiger partial charge in [0.1, 0.15) is 6.10 Å². The zero-order valence-corrected chi connectivity index (χ0v) is 13.5. The van der Waals surface area contributed by atoms with E-state index in [0.29, 0.717) is 25.8 Å². The summed E-state index contributed by atoms with van der Waals surface area (Å²) in [6, 6.07) is 8.09. The van der Waals surface area contributed by atoms with Crippen LogP contribution >= 0.6 is 0 Å². The molecule has 1 aromatic carbocycles. The molecular weight excluding hydrogens is 280 g/mol. The van der Waals surface area contributed by atoms with Crippen molar-refractivity contribution in [3.63, 3.8) is 0 Å². The highest BCUT2D eigenvalue weighted by Crippen LogP contribution is 2.28. The standard InChI is InChI=1S/C18H24O4/c1-4-19-17-9-7-8-16(22-17)14-10-12-15(13-11-14)18(20-5-2)21-6-3/h7-13,16,18H,4-6H2,1-3H3. The maximum Gasteiger partial charge on any atom is 0.280 e. The Labute approximate surface area is 132 Å². The third kappa shape index (κ3) is 4.36. The van der Waals surface area contributed by atoms with Crippen molar-refractivity contribution in [2.45, 2.75) is 33.2 Å². The summed E-state index contributed by atoms with van der Waals surface area (Å²) in [5.41, 5.74) is 2.07. The van der Waals surface area contributed by atoms with E-state index in [2.05, 4.69) is 0 Å². The first-order chi connectivity index (χ1) is 10.8. The number of ether oxygens (including phenoxy) is 4. The quantitative estimate of drug-likeness (QED) is 0.672. The fourth-order valence-corrected chi connectivity index (χ4v) is 2.23. The third-order valence-corrected chi connectivity index (χ3v) is 3.22. The molecule has 0 aromatic heterocycles. The van der Waals surface area contributed by atoms with E-state index in [0.717, 1.165) is 11.1 Å². The molecule has 1 aliphatic heterocycles. The van der Waals surface area contributed by atoms with Crippen LogP contribution < -0.4 is 0 Å². The van der Waals surface area contributed by atoms with Crippen molar-refractivity contribution in [1.29, 1.82) is 0 Å². The molecule has 0 spiro atoms. The van der Waals surface area contributed by atoms with Gasteiger partial charge < -0.3 is 18.9 Å². The zero-order chi connectivity index (χ0) is 15.8. The summed E-state index contributed by atoms with van der Waals surface area (Å²) in [5, 5.41) is 0. The number of hydrogen-bond acceptors (Lipinski definition) is 4. The molecule has 2 rings (SSSR count). The second kappa shape index (κ2) is 8.61. The van der Waals surface area contributed by atoms with Crippen LogP contribution in [0.3, 0.4) is 0 Å². The topological polar surface area (TPSA) is 36.9 Å². The van der Waals surface area contributed by atoms with Gasteiger partial charge in [0.25, 0.3) is 5.95 Å². The summed E-state index contributed by atoms with van der Waals surface area (Å²) in [6.45, 7) is 7.68. The van der Waals surface area contributed by atoms with E-state index in [1.807, 2.05) is 63.3 Å². The molecule has 0 amide bonds. The SMILES string of the molecule is CCOC1=CC=CC(c2ccc(C(OCC)OCC)cc2)O1. The third-order valence-electron chi connectivity index (χ3n) is 3.22. The summed E-state index contributed by atoms with van der Waals surface area (Å²) in [5.74, 6) is 0.556. The lowest BCUT2D eigenvalue weighted by Gasteiger charge is -2.22. The van der Waals surface area contributed by atoms with Crippen molar-refractivity contribution >= 4 is 0 Å². The summed E-state index contributed by atoms with van der Waals surface area (Å²) in [4.78, 5) is 0. The fourth-order valence-electron chi connectivity index (χ4n) is 2.23. The van der Waals surface area contributed by atoms with Crippen LogP contribution in [0.5, 0.6) is 0 Å². The van der Waals surface area contributed by atoms with Gasteiger partial charge >= 0.3 is 0 Å². The molecule has 1 heterocycles. The predicted octanol–water partition coefficient (Wildman–Crippen LogP) is 4.26.